The Morgan fingerprint density at radius 3 is 3.08 bits per heavy atom. The predicted octanol–water partition coefficient (Wildman–Crippen LogP) is 1.24. The number of aromatic nitrogens is 3. The standard InChI is InChI=1S/C16H18N4O4/c1-2-19-9-17-18-15(19)14-8-20(5-6-22-14)16(21)11-3-4-12-13(7-11)24-10-23-12/h3-4,7,9,14H,2,5-6,8,10H2,1H3/t14-/m0/s1. The van der Waals surface area contributed by atoms with Gasteiger partial charge in [-0.3, -0.25) is 4.79 Å². The zero-order chi connectivity index (χ0) is 16.5. The molecule has 0 aliphatic carbocycles. The molecule has 1 saturated heterocycles. The first-order chi connectivity index (χ1) is 11.8. The summed E-state index contributed by atoms with van der Waals surface area (Å²) in [5, 5.41) is 8.07. The highest BCUT2D eigenvalue weighted by Gasteiger charge is 2.29. The van der Waals surface area contributed by atoms with E-state index in [9.17, 15) is 4.79 Å². The van der Waals surface area contributed by atoms with Gasteiger partial charge in [0, 0.05) is 18.7 Å². The molecule has 2 aliphatic heterocycles. The van der Waals surface area contributed by atoms with Crippen molar-refractivity contribution in [3.05, 3.63) is 35.9 Å². The fourth-order valence-corrected chi connectivity index (χ4v) is 2.96. The van der Waals surface area contributed by atoms with Crippen LogP contribution in [0.2, 0.25) is 0 Å². The summed E-state index contributed by atoms with van der Waals surface area (Å²) in [5.41, 5.74) is 0.580. The number of carbonyl (C=O) groups is 1. The van der Waals surface area contributed by atoms with Crippen molar-refractivity contribution in [2.45, 2.75) is 19.6 Å². The Labute approximate surface area is 138 Å². The fourth-order valence-electron chi connectivity index (χ4n) is 2.96. The third-order valence-electron chi connectivity index (χ3n) is 4.25. The summed E-state index contributed by atoms with van der Waals surface area (Å²) in [6.45, 7) is 4.44. The van der Waals surface area contributed by atoms with Crippen molar-refractivity contribution < 1.29 is 19.0 Å². The van der Waals surface area contributed by atoms with E-state index in [2.05, 4.69) is 10.2 Å². The number of hydrogen-bond donors (Lipinski definition) is 0. The van der Waals surface area contributed by atoms with Crippen molar-refractivity contribution in [3.8, 4) is 11.5 Å². The molecule has 126 valence electrons. The minimum absolute atomic E-state index is 0.0517. The second kappa shape index (κ2) is 6.12. The maximum atomic E-state index is 12.8. The van der Waals surface area contributed by atoms with Gasteiger partial charge in [-0.1, -0.05) is 0 Å². The van der Waals surface area contributed by atoms with E-state index < -0.39 is 0 Å². The quantitative estimate of drug-likeness (QED) is 0.842. The highest BCUT2D eigenvalue weighted by molar-refractivity contribution is 5.95. The minimum atomic E-state index is -0.265. The zero-order valence-corrected chi connectivity index (χ0v) is 13.3. The lowest BCUT2D eigenvalue weighted by Crippen LogP contribution is -2.42. The summed E-state index contributed by atoms with van der Waals surface area (Å²) in [4.78, 5) is 14.6. The van der Waals surface area contributed by atoms with E-state index in [0.717, 1.165) is 12.4 Å². The van der Waals surface area contributed by atoms with Crippen LogP contribution in [0.4, 0.5) is 0 Å². The van der Waals surface area contributed by atoms with Crippen molar-refractivity contribution in [1.29, 1.82) is 0 Å². The number of ether oxygens (including phenoxy) is 3. The van der Waals surface area contributed by atoms with Crippen LogP contribution in [0.25, 0.3) is 0 Å². The van der Waals surface area contributed by atoms with Gasteiger partial charge in [-0.15, -0.1) is 10.2 Å². The van der Waals surface area contributed by atoms with E-state index in [1.54, 1.807) is 29.4 Å². The predicted molar refractivity (Wildman–Crippen MR) is 82.9 cm³/mol. The molecule has 1 amide bonds. The largest absolute Gasteiger partial charge is 0.454 e. The topological polar surface area (TPSA) is 78.7 Å². The maximum absolute atomic E-state index is 12.8. The number of aryl methyl sites for hydroxylation is 1. The molecule has 8 nitrogen and oxygen atoms in total. The molecule has 1 aromatic heterocycles. The maximum Gasteiger partial charge on any atom is 0.254 e. The molecule has 0 spiro atoms. The van der Waals surface area contributed by atoms with Crippen LogP contribution in [0.3, 0.4) is 0 Å². The molecule has 0 saturated carbocycles. The number of benzene rings is 1. The second-order valence-corrected chi connectivity index (χ2v) is 5.65. The zero-order valence-electron chi connectivity index (χ0n) is 13.3. The summed E-state index contributed by atoms with van der Waals surface area (Å²) in [7, 11) is 0. The summed E-state index contributed by atoms with van der Waals surface area (Å²) >= 11 is 0. The van der Waals surface area contributed by atoms with Gasteiger partial charge in [-0.05, 0) is 25.1 Å². The van der Waals surface area contributed by atoms with Crippen LogP contribution in [-0.4, -0.2) is 52.1 Å². The van der Waals surface area contributed by atoms with E-state index in [1.807, 2.05) is 11.5 Å². The van der Waals surface area contributed by atoms with E-state index in [-0.39, 0.29) is 18.8 Å². The smallest absolute Gasteiger partial charge is 0.254 e. The summed E-state index contributed by atoms with van der Waals surface area (Å²) in [6, 6.07) is 5.25. The van der Waals surface area contributed by atoms with Crippen molar-refractivity contribution >= 4 is 5.91 Å². The second-order valence-electron chi connectivity index (χ2n) is 5.65. The molecule has 4 rings (SSSR count). The third kappa shape index (κ3) is 2.58. The molecule has 3 heterocycles. The number of hydrogen-bond acceptors (Lipinski definition) is 6. The minimum Gasteiger partial charge on any atom is -0.454 e. The van der Waals surface area contributed by atoms with Crippen LogP contribution in [0.5, 0.6) is 11.5 Å². The summed E-state index contributed by atoms with van der Waals surface area (Å²) in [6.07, 6.45) is 1.41. The van der Waals surface area contributed by atoms with Crippen molar-refractivity contribution in [1.82, 2.24) is 19.7 Å². The molecule has 24 heavy (non-hydrogen) atoms. The first-order valence-corrected chi connectivity index (χ1v) is 7.94. The van der Waals surface area contributed by atoms with E-state index in [0.29, 0.717) is 36.8 Å². The van der Waals surface area contributed by atoms with Crippen LogP contribution < -0.4 is 9.47 Å². The van der Waals surface area contributed by atoms with Gasteiger partial charge in [0.25, 0.3) is 5.91 Å². The average molecular weight is 330 g/mol. The first kappa shape index (κ1) is 14.9. The fraction of sp³-hybridized carbons (Fsp3) is 0.438. The van der Waals surface area contributed by atoms with Crippen LogP contribution in [0.15, 0.2) is 24.5 Å². The Hall–Kier alpha value is -2.61. The number of nitrogens with zero attached hydrogens (tertiary/aromatic N) is 4. The molecule has 1 atom stereocenters. The van der Waals surface area contributed by atoms with E-state index in [1.165, 1.54) is 0 Å². The number of fused-ring (bicyclic) bond motifs is 1. The first-order valence-electron chi connectivity index (χ1n) is 7.94. The van der Waals surface area contributed by atoms with E-state index >= 15 is 0 Å². The van der Waals surface area contributed by atoms with Gasteiger partial charge in [0.2, 0.25) is 6.79 Å². The molecule has 2 aliphatic rings. The molecule has 0 bridgehead atoms. The summed E-state index contributed by atoms with van der Waals surface area (Å²) < 4.78 is 18.4. The Kier molecular flexibility index (Phi) is 3.81. The molecule has 2 aromatic rings. The normalized spacial score (nSPS) is 19.5. The molecule has 8 heteroatoms. The Morgan fingerprint density at radius 1 is 1.33 bits per heavy atom. The van der Waals surface area contributed by atoms with Gasteiger partial charge in [0.05, 0.1) is 13.2 Å². The van der Waals surface area contributed by atoms with E-state index in [4.69, 9.17) is 14.2 Å². The number of rotatable bonds is 3. The molecule has 0 radical (unpaired) electrons. The lowest BCUT2D eigenvalue weighted by Gasteiger charge is -2.32. The lowest BCUT2D eigenvalue weighted by molar-refractivity contribution is -0.0284. The molecular formula is C16H18N4O4. The molecule has 0 N–H and O–H groups in total. The van der Waals surface area contributed by atoms with Crippen LogP contribution in [0, 0.1) is 0 Å². The molecule has 0 unspecified atom stereocenters. The average Bonchev–Trinajstić information content (AvgIpc) is 3.29. The van der Waals surface area contributed by atoms with Gasteiger partial charge < -0.3 is 23.7 Å². The number of morpholine rings is 1. The van der Waals surface area contributed by atoms with Crippen LogP contribution >= 0.6 is 0 Å². The number of carbonyl (C=O) groups excluding carboxylic acids is 1. The molecule has 1 aromatic carbocycles. The third-order valence-corrected chi connectivity index (χ3v) is 4.25. The Morgan fingerprint density at radius 2 is 2.21 bits per heavy atom. The lowest BCUT2D eigenvalue weighted by atomic mass is 10.1. The van der Waals surface area contributed by atoms with Crippen LogP contribution in [-0.2, 0) is 11.3 Å². The van der Waals surface area contributed by atoms with Gasteiger partial charge in [0.15, 0.2) is 17.3 Å². The van der Waals surface area contributed by atoms with Gasteiger partial charge >= 0.3 is 0 Å². The van der Waals surface area contributed by atoms with Crippen molar-refractivity contribution in [2.24, 2.45) is 0 Å². The van der Waals surface area contributed by atoms with Gasteiger partial charge in [-0.25, -0.2) is 0 Å². The van der Waals surface area contributed by atoms with Crippen molar-refractivity contribution in [3.63, 3.8) is 0 Å². The number of amides is 1. The molecule has 1 fully saturated rings. The van der Waals surface area contributed by atoms with Gasteiger partial charge in [-0.2, -0.15) is 0 Å². The SMILES string of the molecule is CCn1cnnc1[C@@H]1CN(C(=O)c2ccc3c(c2)OCO3)CCO1. The monoisotopic (exact) mass is 330 g/mol. The van der Waals surface area contributed by atoms with Crippen molar-refractivity contribution in [2.75, 3.05) is 26.5 Å². The highest BCUT2D eigenvalue weighted by atomic mass is 16.7. The highest BCUT2D eigenvalue weighted by Crippen LogP contribution is 2.33. The Bertz CT molecular complexity index is 760. The van der Waals surface area contributed by atoms with Crippen LogP contribution in [0.1, 0.15) is 29.2 Å². The molecular weight excluding hydrogens is 312 g/mol. The van der Waals surface area contributed by atoms with Gasteiger partial charge in [0.1, 0.15) is 12.4 Å². The Balaban J connectivity index is 1.52. The summed E-state index contributed by atoms with van der Waals surface area (Å²) in [5.74, 6) is 1.98.